The number of hydrogen-bond donors (Lipinski definition) is 1. The third-order valence-electron chi connectivity index (χ3n) is 2.38. The Balaban J connectivity index is 4.15. The van der Waals surface area contributed by atoms with Gasteiger partial charge in [-0.1, -0.05) is 24.1 Å². The van der Waals surface area contributed by atoms with Crippen molar-refractivity contribution in [1.82, 2.24) is 0 Å². The molecular weight excluding hydrogens is 290 g/mol. The van der Waals surface area contributed by atoms with E-state index in [-0.39, 0.29) is 25.9 Å². The lowest BCUT2D eigenvalue weighted by atomic mass is 10.1. The van der Waals surface area contributed by atoms with Gasteiger partial charge in [-0.15, -0.1) is 12.3 Å². The summed E-state index contributed by atoms with van der Waals surface area (Å²) in [6, 6.07) is 0. The predicted molar refractivity (Wildman–Crippen MR) is 80.9 cm³/mol. The highest BCUT2D eigenvalue weighted by Gasteiger charge is 2.25. The van der Waals surface area contributed by atoms with E-state index in [1.54, 1.807) is 6.92 Å². The van der Waals surface area contributed by atoms with Crippen molar-refractivity contribution in [1.29, 1.82) is 0 Å². The number of allylic oxidation sites excluding steroid dienone is 3. The summed E-state index contributed by atoms with van der Waals surface area (Å²) >= 11 is 0. The van der Waals surface area contributed by atoms with E-state index >= 15 is 0 Å². The van der Waals surface area contributed by atoms with Crippen LogP contribution in [0.5, 0.6) is 0 Å². The second-order valence-corrected chi connectivity index (χ2v) is 4.35. The minimum absolute atomic E-state index is 0.0163. The summed E-state index contributed by atoms with van der Waals surface area (Å²) < 4.78 is 31.4. The smallest absolute Gasteiger partial charge is 0.308 e. The molecule has 0 amide bonds. The van der Waals surface area contributed by atoms with Crippen molar-refractivity contribution in [2.45, 2.75) is 44.6 Å². The third kappa shape index (κ3) is 11.7. The highest BCUT2D eigenvalue weighted by molar-refractivity contribution is 5.69. The maximum Gasteiger partial charge on any atom is 0.308 e. The standard InChI is InChI=1S/C17H20F2O3/c1-3-10-15(20)11-7-5-6-8-13-17(18,19)14-9-12-16(21)22-4-2/h1,5-7,11,15,20H,4,9-10,12,14H2,2H3/t15-/m1/s1. The van der Waals surface area contributed by atoms with Crippen molar-refractivity contribution in [2.24, 2.45) is 0 Å². The Morgan fingerprint density at radius 2 is 2.18 bits per heavy atom. The summed E-state index contributed by atoms with van der Waals surface area (Å²) in [7, 11) is 0. The SMILES string of the molecule is C#CC[C@@H](O)C=CC=CC#CC(F)(F)CCCC(=O)OCC. The second-order valence-electron chi connectivity index (χ2n) is 4.35. The van der Waals surface area contributed by atoms with Crippen LogP contribution in [0, 0.1) is 24.2 Å². The highest BCUT2D eigenvalue weighted by Crippen LogP contribution is 2.20. The van der Waals surface area contributed by atoms with Crippen molar-refractivity contribution in [3.63, 3.8) is 0 Å². The van der Waals surface area contributed by atoms with Crippen molar-refractivity contribution >= 4 is 5.97 Å². The van der Waals surface area contributed by atoms with Gasteiger partial charge >= 0.3 is 11.9 Å². The lowest BCUT2D eigenvalue weighted by Crippen LogP contribution is -2.14. The number of terminal acetylenes is 1. The quantitative estimate of drug-likeness (QED) is 0.426. The van der Waals surface area contributed by atoms with Crippen molar-refractivity contribution in [3.8, 4) is 24.2 Å². The van der Waals surface area contributed by atoms with Crippen LogP contribution < -0.4 is 0 Å². The summed E-state index contributed by atoms with van der Waals surface area (Å²) in [4.78, 5) is 11.0. The number of esters is 1. The van der Waals surface area contributed by atoms with Gasteiger partial charge in [0.05, 0.1) is 12.7 Å². The molecule has 0 radical (unpaired) electrons. The van der Waals surface area contributed by atoms with E-state index in [9.17, 15) is 18.7 Å². The minimum Gasteiger partial charge on any atom is -0.466 e. The third-order valence-corrected chi connectivity index (χ3v) is 2.38. The highest BCUT2D eigenvalue weighted by atomic mass is 19.3. The number of rotatable bonds is 8. The molecule has 1 atom stereocenters. The number of aliphatic hydroxyl groups is 1. The van der Waals surface area contributed by atoms with Crippen LogP contribution in [0.15, 0.2) is 24.3 Å². The van der Waals surface area contributed by atoms with Gasteiger partial charge in [0, 0.05) is 19.3 Å². The molecule has 0 saturated heterocycles. The zero-order valence-electron chi connectivity index (χ0n) is 12.5. The molecule has 0 aliphatic rings. The lowest BCUT2D eigenvalue weighted by Gasteiger charge is -2.08. The zero-order valence-corrected chi connectivity index (χ0v) is 12.5. The van der Waals surface area contributed by atoms with Gasteiger partial charge in [-0.25, -0.2) is 0 Å². The number of halogens is 2. The number of alkyl halides is 2. The van der Waals surface area contributed by atoms with E-state index in [1.165, 1.54) is 24.3 Å². The fourth-order valence-electron chi connectivity index (χ4n) is 1.38. The van der Waals surface area contributed by atoms with Gasteiger partial charge < -0.3 is 9.84 Å². The Bertz CT molecular complexity index is 490. The molecule has 0 aromatic heterocycles. The van der Waals surface area contributed by atoms with Crippen LogP contribution in [0.25, 0.3) is 0 Å². The Morgan fingerprint density at radius 3 is 2.82 bits per heavy atom. The van der Waals surface area contributed by atoms with Crippen molar-refractivity contribution in [3.05, 3.63) is 24.3 Å². The Labute approximate surface area is 130 Å². The number of hydrogen-bond acceptors (Lipinski definition) is 3. The van der Waals surface area contributed by atoms with E-state index in [2.05, 4.69) is 16.6 Å². The molecule has 0 aliphatic heterocycles. The molecule has 0 unspecified atom stereocenters. The number of carbonyl (C=O) groups excluding carboxylic acids is 1. The van der Waals surface area contributed by atoms with Crippen LogP contribution in [0.2, 0.25) is 0 Å². The number of aliphatic hydroxyl groups excluding tert-OH is 1. The van der Waals surface area contributed by atoms with Gasteiger partial charge in [0.15, 0.2) is 0 Å². The fourth-order valence-corrected chi connectivity index (χ4v) is 1.38. The van der Waals surface area contributed by atoms with E-state index in [0.29, 0.717) is 0 Å². The molecule has 3 nitrogen and oxygen atoms in total. The van der Waals surface area contributed by atoms with E-state index < -0.39 is 24.4 Å². The topological polar surface area (TPSA) is 46.5 Å². The molecule has 0 aliphatic carbocycles. The van der Waals surface area contributed by atoms with Gasteiger partial charge in [0.2, 0.25) is 0 Å². The number of ether oxygens (including phenoxy) is 1. The summed E-state index contributed by atoms with van der Waals surface area (Å²) in [5.41, 5.74) is 0. The molecule has 0 heterocycles. The Kier molecular flexibility index (Phi) is 10.4. The van der Waals surface area contributed by atoms with Crippen LogP contribution in [0.1, 0.15) is 32.6 Å². The molecule has 0 spiro atoms. The summed E-state index contributed by atoms with van der Waals surface area (Å²) in [6.07, 6.45) is 9.52. The maximum absolute atomic E-state index is 13.4. The molecule has 0 saturated carbocycles. The van der Waals surface area contributed by atoms with Crippen LogP contribution in [-0.2, 0) is 9.53 Å². The molecule has 0 rings (SSSR count). The average molecular weight is 310 g/mol. The normalized spacial score (nSPS) is 12.7. The summed E-state index contributed by atoms with van der Waals surface area (Å²) in [6.45, 7) is 1.90. The van der Waals surface area contributed by atoms with Gasteiger partial charge in [-0.2, -0.15) is 8.78 Å². The molecule has 0 aromatic rings. The first-order chi connectivity index (χ1) is 10.4. The zero-order chi connectivity index (χ0) is 16.8. The van der Waals surface area contributed by atoms with E-state index in [4.69, 9.17) is 6.42 Å². The van der Waals surface area contributed by atoms with Gasteiger partial charge in [-0.3, -0.25) is 4.79 Å². The van der Waals surface area contributed by atoms with Crippen molar-refractivity contribution in [2.75, 3.05) is 6.61 Å². The number of carbonyl (C=O) groups is 1. The Morgan fingerprint density at radius 1 is 1.45 bits per heavy atom. The minimum atomic E-state index is -3.15. The first-order valence-electron chi connectivity index (χ1n) is 6.92. The fraction of sp³-hybridized carbons (Fsp3) is 0.471. The first kappa shape index (κ1) is 19.9. The van der Waals surface area contributed by atoms with Crippen LogP contribution in [0.3, 0.4) is 0 Å². The molecule has 0 fully saturated rings. The average Bonchev–Trinajstić information content (AvgIpc) is 2.43. The monoisotopic (exact) mass is 310 g/mol. The molecule has 22 heavy (non-hydrogen) atoms. The Hall–Kier alpha value is -2.11. The largest absolute Gasteiger partial charge is 0.466 e. The first-order valence-corrected chi connectivity index (χ1v) is 6.92. The molecule has 5 heteroatoms. The van der Waals surface area contributed by atoms with Crippen LogP contribution in [-0.4, -0.2) is 29.7 Å². The molecule has 120 valence electrons. The molecule has 0 aromatic carbocycles. The van der Waals surface area contributed by atoms with E-state index in [0.717, 1.165) is 0 Å². The predicted octanol–water partition coefficient (Wildman–Crippen LogP) is 2.86. The molecule has 0 bridgehead atoms. The van der Waals surface area contributed by atoms with Gasteiger partial charge in [0.1, 0.15) is 0 Å². The van der Waals surface area contributed by atoms with Crippen LogP contribution >= 0.6 is 0 Å². The lowest BCUT2D eigenvalue weighted by molar-refractivity contribution is -0.143. The summed E-state index contributed by atoms with van der Waals surface area (Å²) in [5.74, 6) is 2.71. The van der Waals surface area contributed by atoms with E-state index in [1.807, 2.05) is 5.92 Å². The maximum atomic E-state index is 13.4. The molecule has 1 N–H and O–H groups in total. The van der Waals surface area contributed by atoms with Crippen molar-refractivity contribution < 1.29 is 23.4 Å². The summed E-state index contributed by atoms with van der Waals surface area (Å²) in [5, 5.41) is 9.26. The van der Waals surface area contributed by atoms with Gasteiger partial charge in [-0.05, 0) is 25.3 Å². The second kappa shape index (κ2) is 11.5. The van der Waals surface area contributed by atoms with Crippen LogP contribution in [0.4, 0.5) is 8.78 Å². The molecular formula is C17H20F2O3. The van der Waals surface area contributed by atoms with Gasteiger partial charge in [0.25, 0.3) is 0 Å².